The van der Waals surface area contributed by atoms with E-state index in [0.29, 0.717) is 18.9 Å². The lowest BCUT2D eigenvalue weighted by Crippen LogP contribution is -2.46. The molecule has 0 aliphatic carbocycles. The first kappa shape index (κ1) is 21.6. The lowest BCUT2D eigenvalue weighted by molar-refractivity contribution is 0.0913. The Kier molecular flexibility index (Phi) is 8.44. The minimum absolute atomic E-state index is 0.221. The van der Waals surface area contributed by atoms with Crippen molar-refractivity contribution >= 4 is 10.0 Å². The summed E-state index contributed by atoms with van der Waals surface area (Å²) in [6.07, 6.45) is 1.56. The summed E-state index contributed by atoms with van der Waals surface area (Å²) in [5, 5.41) is 12.1. The van der Waals surface area contributed by atoms with E-state index in [1.807, 2.05) is 30.3 Å². The molecule has 0 spiro atoms. The van der Waals surface area contributed by atoms with Gasteiger partial charge in [-0.3, -0.25) is 0 Å². The van der Waals surface area contributed by atoms with Gasteiger partial charge in [0.2, 0.25) is 0 Å². The van der Waals surface area contributed by atoms with Crippen molar-refractivity contribution in [1.29, 1.82) is 0 Å². The third kappa shape index (κ3) is 7.81. The van der Waals surface area contributed by atoms with Gasteiger partial charge in [0.15, 0.2) is 0 Å². The summed E-state index contributed by atoms with van der Waals surface area (Å²) in [4.78, 5) is 2.86. The molecule has 2 rings (SSSR count). The second-order valence-electron chi connectivity index (χ2n) is 7.21. The zero-order chi connectivity index (χ0) is 19.7. The summed E-state index contributed by atoms with van der Waals surface area (Å²) in [6, 6.07) is 18.3. The van der Waals surface area contributed by atoms with E-state index in [4.69, 9.17) is 0 Å². The lowest BCUT2D eigenvalue weighted by atomic mass is 10.1. The molecule has 0 heterocycles. The van der Waals surface area contributed by atoms with Crippen molar-refractivity contribution in [3.63, 3.8) is 0 Å². The van der Waals surface area contributed by atoms with E-state index < -0.39 is 16.1 Å². The van der Waals surface area contributed by atoms with Gasteiger partial charge in [-0.25, -0.2) is 13.4 Å². The number of hydrazine groups is 1. The maximum absolute atomic E-state index is 12.6. The number of aliphatic hydroxyl groups is 1. The molecular weight excluding hydrogens is 360 g/mol. The molecule has 0 unspecified atom stereocenters. The Morgan fingerprint density at radius 3 is 2.15 bits per heavy atom. The van der Waals surface area contributed by atoms with Gasteiger partial charge in [0.05, 0.1) is 11.0 Å². The van der Waals surface area contributed by atoms with Crippen molar-refractivity contribution in [3.8, 4) is 0 Å². The first-order chi connectivity index (χ1) is 12.9. The van der Waals surface area contributed by atoms with E-state index in [9.17, 15) is 13.5 Å². The third-order valence-corrected chi connectivity index (χ3v) is 5.71. The molecule has 6 heteroatoms. The number of hydrogen-bond acceptors (Lipinski definition) is 4. The Morgan fingerprint density at radius 1 is 0.963 bits per heavy atom. The molecule has 2 aromatic carbocycles. The summed E-state index contributed by atoms with van der Waals surface area (Å²) in [6.45, 7) is 4.99. The zero-order valence-electron chi connectivity index (χ0n) is 16.1. The van der Waals surface area contributed by atoms with Crippen molar-refractivity contribution in [1.82, 2.24) is 9.84 Å². The van der Waals surface area contributed by atoms with Crippen molar-refractivity contribution in [2.24, 2.45) is 5.92 Å². The van der Waals surface area contributed by atoms with Gasteiger partial charge in [-0.15, -0.1) is 4.83 Å². The van der Waals surface area contributed by atoms with Crippen LogP contribution in [0.4, 0.5) is 0 Å². The number of sulfonamides is 1. The second-order valence-corrected chi connectivity index (χ2v) is 8.88. The van der Waals surface area contributed by atoms with Crippen molar-refractivity contribution in [2.45, 2.75) is 44.1 Å². The summed E-state index contributed by atoms with van der Waals surface area (Å²) in [5.74, 6) is 0.440. The highest BCUT2D eigenvalue weighted by atomic mass is 32.2. The van der Waals surface area contributed by atoms with Gasteiger partial charge in [0.25, 0.3) is 10.0 Å². The molecule has 1 atom stereocenters. The summed E-state index contributed by atoms with van der Waals surface area (Å²) < 4.78 is 25.2. The van der Waals surface area contributed by atoms with Crippen LogP contribution < -0.4 is 4.83 Å². The second kappa shape index (κ2) is 10.6. The molecule has 27 heavy (non-hydrogen) atoms. The Morgan fingerprint density at radius 2 is 1.56 bits per heavy atom. The number of benzene rings is 2. The average Bonchev–Trinajstić information content (AvgIpc) is 2.66. The molecule has 2 N–H and O–H groups in total. The van der Waals surface area contributed by atoms with Crippen LogP contribution in [0.3, 0.4) is 0 Å². The van der Waals surface area contributed by atoms with E-state index in [-0.39, 0.29) is 11.4 Å². The van der Waals surface area contributed by atoms with E-state index >= 15 is 0 Å². The number of nitrogens with one attached hydrogen (secondary N) is 1. The van der Waals surface area contributed by atoms with E-state index in [0.717, 1.165) is 18.4 Å². The van der Waals surface area contributed by atoms with Gasteiger partial charge in [0.1, 0.15) is 0 Å². The molecule has 148 valence electrons. The Labute approximate surface area is 163 Å². The van der Waals surface area contributed by atoms with Gasteiger partial charge in [-0.2, -0.15) is 0 Å². The Balaban J connectivity index is 1.98. The molecule has 0 bridgehead atoms. The third-order valence-electron chi connectivity index (χ3n) is 4.32. The highest BCUT2D eigenvalue weighted by Gasteiger charge is 2.20. The molecular formula is C21H30N2O3S. The Hall–Kier alpha value is -1.73. The predicted molar refractivity (Wildman–Crippen MR) is 109 cm³/mol. The van der Waals surface area contributed by atoms with Crippen molar-refractivity contribution in [2.75, 3.05) is 13.1 Å². The maximum Gasteiger partial charge on any atom is 0.253 e. The SMILES string of the molecule is CC(C)CCN(C[C@H](O)CCc1ccccc1)NS(=O)(=O)c1ccccc1. The fourth-order valence-corrected chi connectivity index (χ4v) is 3.86. The van der Waals surface area contributed by atoms with Gasteiger partial charge in [-0.1, -0.05) is 62.4 Å². The van der Waals surface area contributed by atoms with Gasteiger partial charge >= 0.3 is 0 Å². The fourth-order valence-electron chi connectivity index (χ4n) is 2.73. The van der Waals surface area contributed by atoms with E-state index in [2.05, 4.69) is 18.7 Å². The van der Waals surface area contributed by atoms with Crippen LogP contribution in [0.25, 0.3) is 0 Å². The van der Waals surface area contributed by atoms with Crippen LogP contribution in [-0.4, -0.2) is 37.7 Å². The van der Waals surface area contributed by atoms with E-state index in [1.54, 1.807) is 35.3 Å². The number of aliphatic hydroxyl groups excluding tert-OH is 1. The largest absolute Gasteiger partial charge is 0.392 e. The van der Waals surface area contributed by atoms with Crippen LogP contribution in [0, 0.1) is 5.92 Å². The highest BCUT2D eigenvalue weighted by molar-refractivity contribution is 7.89. The topological polar surface area (TPSA) is 69.6 Å². The average molecular weight is 391 g/mol. The molecule has 0 radical (unpaired) electrons. The van der Waals surface area contributed by atoms with Crippen molar-refractivity contribution in [3.05, 3.63) is 66.2 Å². The van der Waals surface area contributed by atoms with Gasteiger partial charge < -0.3 is 5.11 Å². The molecule has 0 aliphatic heterocycles. The first-order valence-corrected chi connectivity index (χ1v) is 10.9. The van der Waals surface area contributed by atoms with Crippen LogP contribution in [0.15, 0.2) is 65.6 Å². The zero-order valence-corrected chi connectivity index (χ0v) is 16.9. The monoisotopic (exact) mass is 390 g/mol. The van der Waals surface area contributed by atoms with Gasteiger partial charge in [0, 0.05) is 13.1 Å². The fraction of sp³-hybridized carbons (Fsp3) is 0.429. The summed E-state index contributed by atoms with van der Waals surface area (Å²) in [7, 11) is -3.66. The smallest absolute Gasteiger partial charge is 0.253 e. The van der Waals surface area contributed by atoms with E-state index in [1.165, 1.54) is 0 Å². The molecule has 0 aromatic heterocycles. The molecule has 0 fully saturated rings. The predicted octanol–water partition coefficient (Wildman–Crippen LogP) is 3.22. The lowest BCUT2D eigenvalue weighted by Gasteiger charge is -2.26. The molecule has 2 aromatic rings. The molecule has 0 aliphatic rings. The highest BCUT2D eigenvalue weighted by Crippen LogP contribution is 2.11. The Bertz CT molecular complexity index is 765. The minimum atomic E-state index is -3.66. The first-order valence-electron chi connectivity index (χ1n) is 9.41. The van der Waals surface area contributed by atoms with Crippen LogP contribution in [0.2, 0.25) is 0 Å². The van der Waals surface area contributed by atoms with Crippen molar-refractivity contribution < 1.29 is 13.5 Å². The summed E-state index contributed by atoms with van der Waals surface area (Å²) in [5.41, 5.74) is 1.16. The number of hydrogen-bond donors (Lipinski definition) is 2. The number of aryl methyl sites for hydroxylation is 1. The van der Waals surface area contributed by atoms with Crippen LogP contribution in [0.5, 0.6) is 0 Å². The van der Waals surface area contributed by atoms with Crippen LogP contribution in [-0.2, 0) is 16.4 Å². The molecule has 0 saturated heterocycles. The van der Waals surface area contributed by atoms with Gasteiger partial charge in [-0.05, 0) is 42.9 Å². The van der Waals surface area contributed by atoms with Crippen LogP contribution in [0.1, 0.15) is 32.3 Å². The molecule has 5 nitrogen and oxygen atoms in total. The molecule has 0 saturated carbocycles. The molecule has 0 amide bonds. The number of nitrogens with zero attached hydrogens (tertiary/aromatic N) is 1. The maximum atomic E-state index is 12.6. The van der Waals surface area contributed by atoms with Crippen LogP contribution >= 0.6 is 0 Å². The number of rotatable bonds is 11. The standard InChI is InChI=1S/C21H30N2O3S/c1-18(2)15-16-23(22-27(25,26)21-11-7-4-8-12-21)17-20(24)14-13-19-9-5-3-6-10-19/h3-12,18,20,22,24H,13-17H2,1-2H3/t20-/m1/s1. The quantitative estimate of drug-likeness (QED) is 0.578. The minimum Gasteiger partial charge on any atom is -0.392 e. The normalized spacial score (nSPS) is 13.2. The summed E-state index contributed by atoms with van der Waals surface area (Å²) >= 11 is 0.